The summed E-state index contributed by atoms with van der Waals surface area (Å²) in [4.78, 5) is 2.53. The van der Waals surface area contributed by atoms with Crippen LogP contribution < -0.4 is 5.32 Å². The van der Waals surface area contributed by atoms with E-state index in [1.807, 2.05) is 12.1 Å². The van der Waals surface area contributed by atoms with Crippen molar-refractivity contribution in [2.24, 2.45) is 0 Å². The van der Waals surface area contributed by atoms with E-state index in [9.17, 15) is 0 Å². The van der Waals surface area contributed by atoms with Gasteiger partial charge in [0.15, 0.2) is 0 Å². The Hall–Kier alpha value is -0.580. The third-order valence-electron chi connectivity index (χ3n) is 2.63. The van der Waals surface area contributed by atoms with Crippen LogP contribution in [0.3, 0.4) is 0 Å². The maximum atomic E-state index is 6.12. The normalized spacial score (nSPS) is 10.9. The summed E-state index contributed by atoms with van der Waals surface area (Å²) in [5, 5.41) is 4.74. The number of ether oxygens (including phenoxy) is 1. The first-order valence-corrected chi connectivity index (χ1v) is 7.47. The number of hydrogen-bond donors (Lipinski definition) is 1. The molecule has 0 saturated heterocycles. The molecule has 0 saturated carbocycles. The van der Waals surface area contributed by atoms with Crippen molar-refractivity contribution in [1.29, 1.82) is 0 Å². The van der Waals surface area contributed by atoms with E-state index in [0.29, 0.717) is 16.7 Å². The molecule has 0 radical (unpaired) electrons. The third kappa shape index (κ3) is 4.48. The fourth-order valence-corrected chi connectivity index (χ4v) is 3.16. The van der Waals surface area contributed by atoms with Gasteiger partial charge in [-0.2, -0.15) is 0 Å². The van der Waals surface area contributed by atoms with Crippen LogP contribution in [0.4, 0.5) is 0 Å². The van der Waals surface area contributed by atoms with Crippen molar-refractivity contribution in [3.63, 3.8) is 0 Å². The summed E-state index contributed by atoms with van der Waals surface area (Å²) in [5.41, 5.74) is 1.06. The van der Waals surface area contributed by atoms with E-state index in [1.54, 1.807) is 24.5 Å². The summed E-state index contributed by atoms with van der Waals surface area (Å²) in [5.74, 6) is 0. The van der Waals surface area contributed by atoms with Crippen molar-refractivity contribution in [2.75, 3.05) is 7.11 Å². The second-order valence-electron chi connectivity index (χ2n) is 4.14. The van der Waals surface area contributed by atoms with Crippen molar-refractivity contribution in [1.82, 2.24) is 5.32 Å². The SMILES string of the molecule is COCc1ccc(CNCc2ccc(Cl)cc2Cl)s1. The van der Waals surface area contributed by atoms with E-state index in [4.69, 9.17) is 27.9 Å². The predicted octanol–water partition coefficient (Wildman–Crippen LogP) is 4.49. The molecule has 5 heteroatoms. The van der Waals surface area contributed by atoms with Gasteiger partial charge in [0.25, 0.3) is 0 Å². The molecule has 0 aliphatic carbocycles. The lowest BCUT2D eigenvalue weighted by molar-refractivity contribution is 0.187. The fraction of sp³-hybridized carbons (Fsp3) is 0.286. The topological polar surface area (TPSA) is 21.3 Å². The Kier molecular flexibility index (Phi) is 5.67. The lowest BCUT2D eigenvalue weighted by atomic mass is 10.2. The molecule has 2 rings (SSSR count). The summed E-state index contributed by atoms with van der Waals surface area (Å²) in [7, 11) is 1.71. The Balaban J connectivity index is 1.85. The highest BCUT2D eigenvalue weighted by atomic mass is 35.5. The molecule has 0 atom stereocenters. The van der Waals surface area contributed by atoms with Gasteiger partial charge in [0.05, 0.1) is 6.61 Å². The summed E-state index contributed by atoms with van der Waals surface area (Å²) in [6.07, 6.45) is 0. The summed E-state index contributed by atoms with van der Waals surface area (Å²) < 4.78 is 5.10. The molecule has 2 aromatic rings. The van der Waals surface area contributed by atoms with Gasteiger partial charge in [0.2, 0.25) is 0 Å². The first-order chi connectivity index (χ1) is 9.19. The van der Waals surface area contributed by atoms with Crippen LogP contribution in [0.5, 0.6) is 0 Å². The average molecular weight is 316 g/mol. The molecule has 2 nitrogen and oxygen atoms in total. The second-order valence-corrected chi connectivity index (χ2v) is 6.24. The zero-order valence-corrected chi connectivity index (χ0v) is 12.9. The molecule has 0 aliphatic rings. The molecule has 0 aliphatic heterocycles. The van der Waals surface area contributed by atoms with Crippen LogP contribution in [0.25, 0.3) is 0 Å². The van der Waals surface area contributed by atoms with Crippen molar-refractivity contribution in [3.05, 3.63) is 55.7 Å². The fourth-order valence-electron chi connectivity index (χ4n) is 1.72. The van der Waals surface area contributed by atoms with Crippen molar-refractivity contribution >= 4 is 34.5 Å². The molecular formula is C14H15Cl2NOS. The van der Waals surface area contributed by atoms with Gasteiger partial charge < -0.3 is 10.1 Å². The lowest BCUT2D eigenvalue weighted by Crippen LogP contribution is -2.11. The minimum Gasteiger partial charge on any atom is -0.379 e. The van der Waals surface area contributed by atoms with Crippen LogP contribution in [-0.4, -0.2) is 7.11 Å². The molecule has 0 spiro atoms. The standard InChI is InChI=1S/C14H15Cl2NOS/c1-18-9-13-5-4-12(19-13)8-17-7-10-2-3-11(15)6-14(10)16/h2-6,17H,7-9H2,1H3. The van der Waals surface area contributed by atoms with Gasteiger partial charge in [-0.15, -0.1) is 11.3 Å². The molecule has 1 aromatic carbocycles. The third-order valence-corrected chi connectivity index (χ3v) is 4.28. The molecule has 19 heavy (non-hydrogen) atoms. The van der Waals surface area contributed by atoms with Gasteiger partial charge in [0.1, 0.15) is 0 Å². The molecule has 1 aromatic heterocycles. The van der Waals surface area contributed by atoms with Crippen LogP contribution >= 0.6 is 34.5 Å². The van der Waals surface area contributed by atoms with Gasteiger partial charge >= 0.3 is 0 Å². The largest absolute Gasteiger partial charge is 0.379 e. The van der Waals surface area contributed by atoms with Crippen LogP contribution in [0.1, 0.15) is 15.3 Å². The first kappa shape index (κ1) is 14.8. The van der Waals surface area contributed by atoms with Gasteiger partial charge in [-0.3, -0.25) is 0 Å². The van der Waals surface area contributed by atoms with E-state index in [1.165, 1.54) is 9.75 Å². The molecule has 0 unspecified atom stereocenters. The maximum absolute atomic E-state index is 6.12. The Labute approximate surface area is 127 Å². The van der Waals surface area contributed by atoms with Gasteiger partial charge in [-0.05, 0) is 29.8 Å². The Morgan fingerprint density at radius 2 is 1.89 bits per heavy atom. The Morgan fingerprint density at radius 3 is 2.63 bits per heavy atom. The number of halogens is 2. The van der Waals surface area contributed by atoms with Crippen molar-refractivity contribution < 1.29 is 4.74 Å². The van der Waals surface area contributed by atoms with E-state index in [2.05, 4.69) is 17.4 Å². The first-order valence-electron chi connectivity index (χ1n) is 5.90. The Bertz CT molecular complexity index is 542. The van der Waals surface area contributed by atoms with Gasteiger partial charge in [-0.25, -0.2) is 0 Å². The van der Waals surface area contributed by atoms with Crippen LogP contribution in [0, 0.1) is 0 Å². The summed E-state index contributed by atoms with van der Waals surface area (Å²) in [6, 6.07) is 9.78. The van der Waals surface area contributed by atoms with Crippen LogP contribution in [0.2, 0.25) is 10.0 Å². The summed E-state index contributed by atoms with van der Waals surface area (Å²) >= 11 is 13.7. The molecule has 102 valence electrons. The molecule has 0 amide bonds. The van der Waals surface area contributed by atoms with Crippen LogP contribution in [0.15, 0.2) is 30.3 Å². The minimum absolute atomic E-state index is 0.663. The number of nitrogens with one attached hydrogen (secondary N) is 1. The number of thiophene rings is 1. The monoisotopic (exact) mass is 315 g/mol. The van der Waals surface area contributed by atoms with E-state index in [-0.39, 0.29) is 0 Å². The molecular weight excluding hydrogens is 301 g/mol. The van der Waals surface area contributed by atoms with E-state index in [0.717, 1.165) is 18.7 Å². The van der Waals surface area contributed by atoms with Crippen molar-refractivity contribution in [3.8, 4) is 0 Å². The van der Waals surface area contributed by atoms with Crippen LogP contribution in [-0.2, 0) is 24.4 Å². The molecule has 0 fully saturated rings. The highest BCUT2D eigenvalue weighted by Crippen LogP contribution is 2.21. The zero-order valence-electron chi connectivity index (χ0n) is 10.6. The minimum atomic E-state index is 0.663. The van der Waals surface area contributed by atoms with Gasteiger partial charge in [-0.1, -0.05) is 29.3 Å². The number of rotatable bonds is 6. The number of benzene rings is 1. The predicted molar refractivity (Wildman–Crippen MR) is 82.0 cm³/mol. The highest BCUT2D eigenvalue weighted by Gasteiger charge is 2.03. The number of methoxy groups -OCH3 is 1. The van der Waals surface area contributed by atoms with Crippen molar-refractivity contribution in [2.45, 2.75) is 19.7 Å². The van der Waals surface area contributed by atoms with E-state index < -0.39 is 0 Å². The molecule has 1 N–H and O–H groups in total. The Morgan fingerprint density at radius 1 is 1.11 bits per heavy atom. The van der Waals surface area contributed by atoms with Gasteiger partial charge in [0, 0.05) is 40.0 Å². The number of hydrogen-bond acceptors (Lipinski definition) is 3. The average Bonchev–Trinajstić information content (AvgIpc) is 2.80. The lowest BCUT2D eigenvalue weighted by Gasteiger charge is -2.06. The zero-order chi connectivity index (χ0) is 13.7. The molecule has 1 heterocycles. The summed E-state index contributed by atoms with van der Waals surface area (Å²) in [6.45, 7) is 2.23. The molecule has 0 bridgehead atoms. The van der Waals surface area contributed by atoms with E-state index >= 15 is 0 Å². The second kappa shape index (κ2) is 7.27. The smallest absolute Gasteiger partial charge is 0.0805 e. The highest BCUT2D eigenvalue weighted by molar-refractivity contribution is 7.11. The quantitative estimate of drug-likeness (QED) is 0.848. The maximum Gasteiger partial charge on any atom is 0.0805 e.